The maximum Gasteiger partial charge on any atom is 0.0164 e. The molecular formula is C14H26N2. The molecule has 0 spiro atoms. The van der Waals surface area contributed by atoms with Gasteiger partial charge >= 0.3 is 0 Å². The molecule has 1 fully saturated rings. The lowest BCUT2D eigenvalue weighted by Crippen LogP contribution is -2.43. The molecule has 2 nitrogen and oxygen atoms in total. The first kappa shape index (κ1) is 13.5. The van der Waals surface area contributed by atoms with Gasteiger partial charge < -0.3 is 5.73 Å². The van der Waals surface area contributed by atoms with E-state index in [1.165, 1.54) is 19.3 Å². The van der Waals surface area contributed by atoms with Crippen molar-refractivity contribution in [2.75, 3.05) is 19.6 Å². The maximum atomic E-state index is 6.20. The van der Waals surface area contributed by atoms with Crippen LogP contribution in [0.25, 0.3) is 0 Å². The van der Waals surface area contributed by atoms with Crippen LogP contribution < -0.4 is 5.73 Å². The number of nitrogens with zero attached hydrogens (tertiary/aromatic N) is 1. The zero-order valence-corrected chi connectivity index (χ0v) is 10.6. The summed E-state index contributed by atoms with van der Waals surface area (Å²) in [5.41, 5.74) is 6.20. The van der Waals surface area contributed by atoms with Gasteiger partial charge in [-0.25, -0.2) is 0 Å². The molecule has 1 saturated carbocycles. The van der Waals surface area contributed by atoms with E-state index in [0.29, 0.717) is 12.0 Å². The first-order valence-corrected chi connectivity index (χ1v) is 6.37. The van der Waals surface area contributed by atoms with Crippen molar-refractivity contribution >= 4 is 0 Å². The first-order valence-electron chi connectivity index (χ1n) is 6.37. The molecule has 2 N–H and O–H groups in total. The molecular weight excluding hydrogens is 196 g/mol. The Labute approximate surface area is 100 Å². The Balaban J connectivity index is 2.47. The van der Waals surface area contributed by atoms with Crippen LogP contribution >= 0.6 is 0 Å². The van der Waals surface area contributed by atoms with Crippen LogP contribution in [0.3, 0.4) is 0 Å². The van der Waals surface area contributed by atoms with Gasteiger partial charge in [-0.15, -0.1) is 13.2 Å². The number of hydrogen-bond donors (Lipinski definition) is 1. The number of nitrogens with two attached hydrogens (primary N) is 1. The van der Waals surface area contributed by atoms with Crippen molar-refractivity contribution in [1.82, 2.24) is 4.90 Å². The van der Waals surface area contributed by atoms with E-state index >= 15 is 0 Å². The average Bonchev–Trinajstić information content (AvgIpc) is 2.24. The van der Waals surface area contributed by atoms with Gasteiger partial charge in [0, 0.05) is 25.7 Å². The minimum Gasteiger partial charge on any atom is -0.327 e. The molecule has 1 rings (SSSR count). The second-order valence-corrected chi connectivity index (χ2v) is 5.14. The largest absolute Gasteiger partial charge is 0.327 e. The van der Waals surface area contributed by atoms with Crippen LogP contribution in [-0.4, -0.2) is 30.6 Å². The van der Waals surface area contributed by atoms with Crippen LogP contribution in [0, 0.1) is 11.8 Å². The average molecular weight is 222 g/mol. The highest BCUT2D eigenvalue weighted by atomic mass is 15.1. The van der Waals surface area contributed by atoms with Gasteiger partial charge in [-0.2, -0.15) is 0 Å². The Morgan fingerprint density at radius 3 is 2.44 bits per heavy atom. The molecule has 92 valence electrons. The second-order valence-electron chi connectivity index (χ2n) is 5.14. The molecule has 16 heavy (non-hydrogen) atoms. The monoisotopic (exact) mass is 222 g/mol. The summed E-state index contributed by atoms with van der Waals surface area (Å²) in [7, 11) is 0. The summed E-state index contributed by atoms with van der Waals surface area (Å²) in [6.07, 6.45) is 7.66. The quantitative estimate of drug-likeness (QED) is 0.699. The van der Waals surface area contributed by atoms with E-state index in [-0.39, 0.29) is 0 Å². The summed E-state index contributed by atoms with van der Waals surface area (Å²) >= 11 is 0. The zero-order chi connectivity index (χ0) is 12.0. The minimum absolute atomic E-state index is 0.383. The normalized spacial score (nSPS) is 30.3. The molecule has 3 unspecified atom stereocenters. The predicted molar refractivity (Wildman–Crippen MR) is 71.3 cm³/mol. The van der Waals surface area contributed by atoms with E-state index in [1.54, 1.807) is 0 Å². The SMILES string of the molecule is C=CCN(CC=C)CC1CC(C)CCC1N. The van der Waals surface area contributed by atoms with Gasteiger partial charge in [0.05, 0.1) is 0 Å². The van der Waals surface area contributed by atoms with Crippen LogP contribution in [0.2, 0.25) is 0 Å². The van der Waals surface area contributed by atoms with Crippen molar-refractivity contribution < 1.29 is 0 Å². The zero-order valence-electron chi connectivity index (χ0n) is 10.6. The van der Waals surface area contributed by atoms with Gasteiger partial charge in [0.15, 0.2) is 0 Å². The Hall–Kier alpha value is -0.600. The fourth-order valence-electron chi connectivity index (χ4n) is 2.65. The summed E-state index contributed by atoms with van der Waals surface area (Å²) in [6, 6.07) is 0.383. The van der Waals surface area contributed by atoms with Crippen LogP contribution in [0.15, 0.2) is 25.3 Å². The molecule has 0 aromatic rings. The number of hydrogen-bond acceptors (Lipinski definition) is 2. The fraction of sp³-hybridized carbons (Fsp3) is 0.714. The third-order valence-corrected chi connectivity index (χ3v) is 3.57. The highest BCUT2D eigenvalue weighted by molar-refractivity contribution is 4.87. The topological polar surface area (TPSA) is 29.3 Å². The third-order valence-electron chi connectivity index (χ3n) is 3.57. The molecule has 1 aliphatic rings. The van der Waals surface area contributed by atoms with Gasteiger partial charge in [0.25, 0.3) is 0 Å². The molecule has 0 bridgehead atoms. The fourth-order valence-corrected chi connectivity index (χ4v) is 2.65. The van der Waals surface area contributed by atoms with Crippen molar-refractivity contribution in [1.29, 1.82) is 0 Å². The van der Waals surface area contributed by atoms with E-state index in [0.717, 1.165) is 25.6 Å². The van der Waals surface area contributed by atoms with E-state index in [1.807, 2.05) is 12.2 Å². The Kier molecular flexibility index (Phi) is 5.78. The highest BCUT2D eigenvalue weighted by Crippen LogP contribution is 2.28. The van der Waals surface area contributed by atoms with Crippen molar-refractivity contribution in [3.05, 3.63) is 25.3 Å². The Morgan fingerprint density at radius 2 is 1.88 bits per heavy atom. The lowest BCUT2D eigenvalue weighted by atomic mass is 9.79. The van der Waals surface area contributed by atoms with E-state index < -0.39 is 0 Å². The molecule has 0 saturated heterocycles. The summed E-state index contributed by atoms with van der Waals surface area (Å²) in [6.45, 7) is 12.9. The highest BCUT2D eigenvalue weighted by Gasteiger charge is 2.26. The van der Waals surface area contributed by atoms with Crippen molar-refractivity contribution in [3.8, 4) is 0 Å². The minimum atomic E-state index is 0.383. The van der Waals surface area contributed by atoms with Gasteiger partial charge in [-0.3, -0.25) is 4.90 Å². The van der Waals surface area contributed by atoms with Crippen LogP contribution in [0.5, 0.6) is 0 Å². The van der Waals surface area contributed by atoms with E-state index in [2.05, 4.69) is 25.0 Å². The molecule has 0 amide bonds. The number of rotatable bonds is 6. The molecule has 0 aliphatic heterocycles. The third kappa shape index (κ3) is 4.11. The Morgan fingerprint density at radius 1 is 1.25 bits per heavy atom. The second kappa shape index (κ2) is 6.87. The summed E-state index contributed by atoms with van der Waals surface area (Å²) in [5, 5.41) is 0. The van der Waals surface area contributed by atoms with Crippen molar-refractivity contribution in [2.24, 2.45) is 17.6 Å². The standard InChI is InChI=1S/C14H26N2/c1-4-8-16(9-5-2)11-13-10-12(3)6-7-14(13)15/h4-5,12-14H,1-2,6-11,15H2,3H3. The summed E-state index contributed by atoms with van der Waals surface area (Å²) in [5.74, 6) is 1.47. The summed E-state index contributed by atoms with van der Waals surface area (Å²) in [4.78, 5) is 2.38. The Bertz CT molecular complexity index is 215. The predicted octanol–water partition coefficient (Wildman–Crippen LogP) is 2.42. The molecule has 0 aromatic heterocycles. The van der Waals surface area contributed by atoms with Gasteiger partial charge in [0.2, 0.25) is 0 Å². The van der Waals surface area contributed by atoms with Gasteiger partial charge in [-0.1, -0.05) is 19.1 Å². The van der Waals surface area contributed by atoms with Crippen molar-refractivity contribution in [2.45, 2.75) is 32.2 Å². The van der Waals surface area contributed by atoms with E-state index in [4.69, 9.17) is 5.73 Å². The van der Waals surface area contributed by atoms with Crippen molar-refractivity contribution in [3.63, 3.8) is 0 Å². The maximum absolute atomic E-state index is 6.20. The smallest absolute Gasteiger partial charge is 0.0164 e. The van der Waals surface area contributed by atoms with Gasteiger partial charge in [-0.05, 0) is 31.1 Å². The molecule has 0 radical (unpaired) electrons. The first-order chi connectivity index (χ1) is 7.67. The summed E-state index contributed by atoms with van der Waals surface area (Å²) < 4.78 is 0. The lowest BCUT2D eigenvalue weighted by Gasteiger charge is -2.35. The van der Waals surface area contributed by atoms with Gasteiger partial charge in [0.1, 0.15) is 0 Å². The van der Waals surface area contributed by atoms with Crippen LogP contribution in [0.4, 0.5) is 0 Å². The molecule has 0 heterocycles. The molecule has 2 heteroatoms. The van der Waals surface area contributed by atoms with E-state index in [9.17, 15) is 0 Å². The van der Waals surface area contributed by atoms with Crippen LogP contribution in [0.1, 0.15) is 26.2 Å². The molecule has 3 atom stereocenters. The molecule has 1 aliphatic carbocycles. The van der Waals surface area contributed by atoms with Crippen LogP contribution in [-0.2, 0) is 0 Å². The molecule has 0 aromatic carbocycles. The lowest BCUT2D eigenvalue weighted by molar-refractivity contribution is 0.180.